The minimum Gasteiger partial charge on any atom is -1.00 e. The van der Waals surface area contributed by atoms with Crippen LogP contribution in [0.3, 0.4) is 0 Å². The summed E-state index contributed by atoms with van der Waals surface area (Å²) in [5.74, 6) is 0. The molecule has 0 fully saturated rings. The van der Waals surface area contributed by atoms with Gasteiger partial charge in [0.25, 0.3) is 0 Å². The molecule has 0 atom stereocenters. The van der Waals surface area contributed by atoms with Crippen molar-refractivity contribution in [1.29, 1.82) is 0 Å². The molecule has 1 aliphatic rings. The molecule has 0 saturated carbocycles. The first-order valence-electron chi connectivity index (χ1n) is 1.72. The maximum absolute atomic E-state index is 2.99. The molecule has 0 aliphatic heterocycles. The molecule has 1 aliphatic carbocycles. The van der Waals surface area contributed by atoms with Gasteiger partial charge >= 0.3 is 26.2 Å². The van der Waals surface area contributed by atoms with Crippen LogP contribution in [0, 0.1) is 6.08 Å². The molecule has 0 saturated heterocycles. The van der Waals surface area contributed by atoms with Crippen LogP contribution in [0.15, 0.2) is 18.2 Å². The summed E-state index contributed by atoms with van der Waals surface area (Å²) in [6.45, 7) is 0. The zero-order valence-corrected chi connectivity index (χ0v) is 11.0. The fourth-order valence-electron chi connectivity index (χ4n) is 0.340. The van der Waals surface area contributed by atoms with Gasteiger partial charge < -0.3 is 48.0 Å². The Morgan fingerprint density at radius 3 is 2.00 bits per heavy atom. The third-order valence-corrected chi connectivity index (χ3v) is 0.586. The van der Waals surface area contributed by atoms with E-state index in [4.69, 9.17) is 0 Å². The maximum atomic E-state index is 2.99. The molecule has 3 heteroatoms. The van der Waals surface area contributed by atoms with Crippen LogP contribution in [0.2, 0.25) is 0 Å². The second-order valence-corrected chi connectivity index (χ2v) is 1.00. The minimum absolute atomic E-state index is 0. The van der Waals surface area contributed by atoms with E-state index in [-0.39, 0.29) is 74.2 Å². The topological polar surface area (TPSA) is 0 Å². The summed E-state index contributed by atoms with van der Waals surface area (Å²) in [5, 5.41) is 0. The number of hydrogen-bond donors (Lipinski definition) is 0. The number of hydrogen-bond acceptors (Lipinski definition) is 0. The Morgan fingerprint density at radius 1 is 1.25 bits per heavy atom. The van der Waals surface area contributed by atoms with Crippen molar-refractivity contribution in [3.05, 3.63) is 24.3 Å². The van der Waals surface area contributed by atoms with Crippen LogP contribution in [0.5, 0.6) is 0 Å². The van der Waals surface area contributed by atoms with Gasteiger partial charge in [0.2, 0.25) is 0 Å². The molecular formula is C5H5I2Zr. The second kappa shape index (κ2) is 11.6. The molecule has 0 N–H and O–H groups in total. The second-order valence-electron chi connectivity index (χ2n) is 1.00. The van der Waals surface area contributed by atoms with Crippen molar-refractivity contribution in [2.45, 2.75) is 6.42 Å². The summed E-state index contributed by atoms with van der Waals surface area (Å²) < 4.78 is 0. The van der Waals surface area contributed by atoms with Crippen molar-refractivity contribution in [3.63, 3.8) is 0 Å². The van der Waals surface area contributed by atoms with E-state index < -0.39 is 0 Å². The molecule has 1 rings (SSSR count). The Bertz CT molecular complexity index is 68.5. The molecule has 0 bridgehead atoms. The molecule has 8 heavy (non-hydrogen) atoms. The van der Waals surface area contributed by atoms with Gasteiger partial charge in [0, 0.05) is 0 Å². The summed E-state index contributed by atoms with van der Waals surface area (Å²) in [6.07, 6.45) is 10.0. The van der Waals surface area contributed by atoms with Gasteiger partial charge in [-0.3, -0.25) is 6.08 Å². The molecule has 1 radical (unpaired) electrons. The van der Waals surface area contributed by atoms with E-state index in [2.05, 4.69) is 12.2 Å². The van der Waals surface area contributed by atoms with E-state index in [1.807, 2.05) is 12.2 Å². The van der Waals surface area contributed by atoms with Crippen LogP contribution in [0.25, 0.3) is 0 Å². The number of allylic oxidation sites excluding steroid dienone is 4. The van der Waals surface area contributed by atoms with Crippen LogP contribution < -0.4 is 48.0 Å². The van der Waals surface area contributed by atoms with Crippen molar-refractivity contribution in [3.8, 4) is 0 Å². The van der Waals surface area contributed by atoms with Crippen molar-refractivity contribution in [2.75, 3.05) is 0 Å². The first kappa shape index (κ1) is 16.4. The average Bonchev–Trinajstić information content (AvgIpc) is 1.76. The fourth-order valence-corrected chi connectivity index (χ4v) is 0.340. The van der Waals surface area contributed by atoms with Gasteiger partial charge in [-0.1, -0.05) is 0 Å². The molecule has 0 heterocycles. The van der Waals surface area contributed by atoms with Gasteiger partial charge in [-0.25, -0.2) is 12.2 Å². The fraction of sp³-hybridized carbons (Fsp3) is 0.200. The van der Waals surface area contributed by atoms with E-state index in [9.17, 15) is 0 Å². The summed E-state index contributed by atoms with van der Waals surface area (Å²) in [7, 11) is 0. The average molecular weight is 410 g/mol. The van der Waals surface area contributed by atoms with Crippen molar-refractivity contribution >= 4 is 0 Å². The SMILES string of the molecule is [C-]1=CC=CC1.[I-].[I-].[Zr+3]. The van der Waals surface area contributed by atoms with Crippen LogP contribution in [0.1, 0.15) is 6.42 Å². The molecule has 0 aromatic rings. The van der Waals surface area contributed by atoms with E-state index >= 15 is 0 Å². The first-order chi connectivity index (χ1) is 2.50. The van der Waals surface area contributed by atoms with Crippen molar-refractivity contribution in [2.24, 2.45) is 0 Å². The Morgan fingerprint density at radius 2 is 1.88 bits per heavy atom. The number of halogens is 2. The monoisotopic (exact) mass is 409 g/mol. The van der Waals surface area contributed by atoms with Gasteiger partial charge in [-0.05, 0) is 0 Å². The largest absolute Gasteiger partial charge is 3.00 e. The van der Waals surface area contributed by atoms with Crippen LogP contribution in [-0.2, 0) is 26.2 Å². The molecule has 0 nitrogen and oxygen atoms in total. The third kappa shape index (κ3) is 7.82. The normalized spacial score (nSPS) is 11.0. The van der Waals surface area contributed by atoms with Crippen LogP contribution in [0.4, 0.5) is 0 Å². The molecule has 0 amide bonds. The molecular weight excluding hydrogens is 405 g/mol. The van der Waals surface area contributed by atoms with Crippen molar-refractivity contribution < 1.29 is 74.2 Å². The van der Waals surface area contributed by atoms with Gasteiger partial charge in [-0.2, -0.15) is 6.08 Å². The molecule has 0 aromatic carbocycles. The van der Waals surface area contributed by atoms with E-state index in [1.165, 1.54) is 0 Å². The Labute approximate surface area is 103 Å². The van der Waals surface area contributed by atoms with Gasteiger partial charge in [-0.15, -0.1) is 6.42 Å². The zero-order valence-electron chi connectivity index (χ0n) is 4.20. The molecule has 0 unspecified atom stereocenters. The van der Waals surface area contributed by atoms with Crippen LogP contribution in [-0.4, -0.2) is 0 Å². The summed E-state index contributed by atoms with van der Waals surface area (Å²) in [4.78, 5) is 0. The van der Waals surface area contributed by atoms with Gasteiger partial charge in [0.15, 0.2) is 0 Å². The standard InChI is InChI=1S/C5H5.2HI.Zr/c1-2-4-5-3-1;;;/h1-3H,4H2;2*1H;/q-1;;;+3/p-2. The maximum Gasteiger partial charge on any atom is 3.00 e. The van der Waals surface area contributed by atoms with Gasteiger partial charge in [0.1, 0.15) is 0 Å². The quantitative estimate of drug-likeness (QED) is 0.279. The third-order valence-electron chi connectivity index (χ3n) is 0.586. The van der Waals surface area contributed by atoms with E-state index in [0.29, 0.717) is 0 Å². The summed E-state index contributed by atoms with van der Waals surface area (Å²) >= 11 is 0. The molecule has 0 spiro atoms. The Kier molecular flexibility index (Phi) is 23.8. The Hall–Kier alpha value is 1.82. The predicted molar refractivity (Wildman–Crippen MR) is 21.6 cm³/mol. The zero-order chi connectivity index (χ0) is 3.54. The number of rotatable bonds is 0. The summed E-state index contributed by atoms with van der Waals surface area (Å²) in [5.41, 5.74) is 0. The van der Waals surface area contributed by atoms with Crippen molar-refractivity contribution in [1.82, 2.24) is 0 Å². The first-order valence-corrected chi connectivity index (χ1v) is 1.72. The van der Waals surface area contributed by atoms with E-state index in [0.717, 1.165) is 6.42 Å². The molecule has 0 aromatic heterocycles. The molecule has 43 valence electrons. The van der Waals surface area contributed by atoms with E-state index in [1.54, 1.807) is 0 Å². The predicted octanol–water partition coefficient (Wildman–Crippen LogP) is -4.69. The van der Waals surface area contributed by atoms with Crippen LogP contribution >= 0.6 is 0 Å². The smallest absolute Gasteiger partial charge is 1.00 e. The summed E-state index contributed by atoms with van der Waals surface area (Å²) in [6, 6.07) is 0. The Balaban J connectivity index is -0.0000000833. The van der Waals surface area contributed by atoms with Gasteiger partial charge in [0.05, 0.1) is 0 Å². The minimum atomic E-state index is 0.